The van der Waals surface area contributed by atoms with E-state index in [0.29, 0.717) is 12.3 Å². The molecule has 2 N–H and O–H groups in total. The molecule has 1 aliphatic heterocycles. The summed E-state index contributed by atoms with van der Waals surface area (Å²) < 4.78 is 0. The number of hydrogen-bond donors (Lipinski definition) is 1. The van der Waals surface area contributed by atoms with Crippen LogP contribution >= 0.6 is 0 Å². The minimum absolute atomic E-state index is 0.0448. The molecule has 0 aromatic rings. The summed E-state index contributed by atoms with van der Waals surface area (Å²) in [6.45, 7) is 6.06. The van der Waals surface area contributed by atoms with Crippen molar-refractivity contribution in [2.75, 3.05) is 13.1 Å². The smallest absolute Gasteiger partial charge is 0.224 e. The van der Waals surface area contributed by atoms with Crippen molar-refractivity contribution in [1.29, 1.82) is 0 Å². The second-order valence-corrected chi connectivity index (χ2v) is 4.11. The first kappa shape index (κ1) is 10.5. The van der Waals surface area contributed by atoms with Crippen molar-refractivity contribution in [2.45, 2.75) is 39.2 Å². The second-order valence-electron chi connectivity index (χ2n) is 4.11. The largest absolute Gasteiger partial charge is 0.342 e. The third kappa shape index (κ3) is 2.99. The molecule has 0 aromatic carbocycles. The molecule has 2 atom stereocenters. The Morgan fingerprint density at radius 3 is 2.85 bits per heavy atom. The van der Waals surface area contributed by atoms with Crippen LogP contribution in [0.4, 0.5) is 0 Å². The van der Waals surface area contributed by atoms with Crippen LogP contribution in [0.2, 0.25) is 0 Å². The third-order valence-corrected chi connectivity index (χ3v) is 2.74. The SMILES string of the molecule is CCC(N)CC(=O)N1CCC(C)C1. The highest BCUT2D eigenvalue weighted by Gasteiger charge is 2.23. The quantitative estimate of drug-likeness (QED) is 0.710. The number of hydrogen-bond acceptors (Lipinski definition) is 2. The Hall–Kier alpha value is -0.570. The average Bonchev–Trinajstić information content (AvgIpc) is 2.51. The van der Waals surface area contributed by atoms with Gasteiger partial charge in [-0.15, -0.1) is 0 Å². The molecule has 1 fully saturated rings. The lowest BCUT2D eigenvalue weighted by Crippen LogP contribution is -2.34. The van der Waals surface area contributed by atoms with E-state index >= 15 is 0 Å². The molecule has 76 valence electrons. The monoisotopic (exact) mass is 184 g/mol. The van der Waals surface area contributed by atoms with Crippen LogP contribution in [0, 0.1) is 5.92 Å². The summed E-state index contributed by atoms with van der Waals surface area (Å²) in [5, 5.41) is 0. The Balaban J connectivity index is 2.31. The van der Waals surface area contributed by atoms with E-state index < -0.39 is 0 Å². The van der Waals surface area contributed by atoms with Crippen LogP contribution in [0.5, 0.6) is 0 Å². The standard InChI is InChI=1S/C10H20N2O/c1-3-9(11)6-10(13)12-5-4-8(2)7-12/h8-9H,3-7,11H2,1-2H3. The van der Waals surface area contributed by atoms with E-state index in [9.17, 15) is 4.79 Å². The molecule has 0 aromatic heterocycles. The summed E-state index contributed by atoms with van der Waals surface area (Å²) in [4.78, 5) is 13.6. The first-order valence-corrected chi connectivity index (χ1v) is 5.16. The van der Waals surface area contributed by atoms with Gasteiger partial charge in [-0.25, -0.2) is 0 Å². The highest BCUT2D eigenvalue weighted by molar-refractivity contribution is 5.77. The molecule has 1 saturated heterocycles. The maximum Gasteiger partial charge on any atom is 0.224 e. The Labute approximate surface area is 80.3 Å². The highest BCUT2D eigenvalue weighted by atomic mass is 16.2. The Morgan fingerprint density at radius 1 is 1.69 bits per heavy atom. The molecule has 1 aliphatic rings. The van der Waals surface area contributed by atoms with Crippen molar-refractivity contribution < 1.29 is 4.79 Å². The van der Waals surface area contributed by atoms with Crippen molar-refractivity contribution >= 4 is 5.91 Å². The summed E-state index contributed by atoms with van der Waals surface area (Å²) >= 11 is 0. The van der Waals surface area contributed by atoms with E-state index in [4.69, 9.17) is 5.73 Å². The molecule has 1 amide bonds. The van der Waals surface area contributed by atoms with Gasteiger partial charge in [0.1, 0.15) is 0 Å². The number of carbonyl (C=O) groups is 1. The molecule has 1 rings (SSSR count). The Bertz CT molecular complexity index is 182. The normalized spacial score (nSPS) is 24.8. The van der Waals surface area contributed by atoms with E-state index in [-0.39, 0.29) is 11.9 Å². The number of amides is 1. The van der Waals surface area contributed by atoms with E-state index in [2.05, 4.69) is 6.92 Å². The number of rotatable bonds is 3. The molecule has 0 spiro atoms. The fourth-order valence-corrected chi connectivity index (χ4v) is 1.66. The molecule has 0 bridgehead atoms. The molecule has 3 heteroatoms. The van der Waals surface area contributed by atoms with Gasteiger partial charge in [-0.05, 0) is 18.8 Å². The van der Waals surface area contributed by atoms with E-state index in [1.165, 1.54) is 0 Å². The van der Waals surface area contributed by atoms with Crippen LogP contribution in [0.25, 0.3) is 0 Å². The predicted molar refractivity (Wildman–Crippen MR) is 53.2 cm³/mol. The van der Waals surface area contributed by atoms with E-state index in [1.807, 2.05) is 11.8 Å². The van der Waals surface area contributed by atoms with E-state index in [0.717, 1.165) is 25.9 Å². The summed E-state index contributed by atoms with van der Waals surface area (Å²) in [7, 11) is 0. The van der Waals surface area contributed by atoms with Crippen molar-refractivity contribution in [2.24, 2.45) is 11.7 Å². The van der Waals surface area contributed by atoms with Gasteiger partial charge in [0.05, 0.1) is 0 Å². The molecule has 13 heavy (non-hydrogen) atoms. The fraction of sp³-hybridized carbons (Fsp3) is 0.900. The van der Waals surface area contributed by atoms with Crippen molar-refractivity contribution in [3.05, 3.63) is 0 Å². The fourth-order valence-electron chi connectivity index (χ4n) is 1.66. The van der Waals surface area contributed by atoms with Gasteiger partial charge in [0.2, 0.25) is 5.91 Å². The molecule has 0 saturated carbocycles. The topological polar surface area (TPSA) is 46.3 Å². The van der Waals surface area contributed by atoms with Crippen molar-refractivity contribution in [3.63, 3.8) is 0 Å². The lowest BCUT2D eigenvalue weighted by atomic mass is 10.1. The molecular weight excluding hydrogens is 164 g/mol. The Kier molecular flexibility index (Phi) is 3.72. The van der Waals surface area contributed by atoms with Crippen LogP contribution in [-0.4, -0.2) is 29.9 Å². The van der Waals surface area contributed by atoms with Gasteiger partial charge < -0.3 is 10.6 Å². The van der Waals surface area contributed by atoms with Gasteiger partial charge in [-0.2, -0.15) is 0 Å². The average molecular weight is 184 g/mol. The number of carbonyl (C=O) groups excluding carboxylic acids is 1. The van der Waals surface area contributed by atoms with Gasteiger partial charge >= 0.3 is 0 Å². The van der Waals surface area contributed by atoms with Crippen LogP contribution in [-0.2, 0) is 4.79 Å². The summed E-state index contributed by atoms with van der Waals surface area (Å²) in [5.74, 6) is 0.903. The van der Waals surface area contributed by atoms with Crippen molar-refractivity contribution in [3.8, 4) is 0 Å². The number of likely N-dealkylation sites (tertiary alicyclic amines) is 1. The van der Waals surface area contributed by atoms with Crippen molar-refractivity contribution in [1.82, 2.24) is 4.90 Å². The van der Waals surface area contributed by atoms with Crippen LogP contribution in [0.15, 0.2) is 0 Å². The molecule has 0 aliphatic carbocycles. The van der Waals surface area contributed by atoms with Crippen LogP contribution in [0.1, 0.15) is 33.1 Å². The predicted octanol–water partition coefficient (Wildman–Crippen LogP) is 0.982. The summed E-state index contributed by atoms with van der Waals surface area (Å²) in [5.41, 5.74) is 5.73. The van der Waals surface area contributed by atoms with E-state index in [1.54, 1.807) is 0 Å². The third-order valence-electron chi connectivity index (χ3n) is 2.74. The Morgan fingerprint density at radius 2 is 2.38 bits per heavy atom. The summed E-state index contributed by atoms with van der Waals surface area (Å²) in [6, 6.07) is 0.0448. The number of nitrogens with zero attached hydrogens (tertiary/aromatic N) is 1. The van der Waals surface area contributed by atoms with Gasteiger partial charge in [0.25, 0.3) is 0 Å². The highest BCUT2D eigenvalue weighted by Crippen LogP contribution is 2.16. The summed E-state index contributed by atoms with van der Waals surface area (Å²) in [6.07, 6.45) is 2.55. The molecule has 1 heterocycles. The minimum atomic E-state index is 0.0448. The first-order valence-electron chi connectivity index (χ1n) is 5.16. The van der Waals surface area contributed by atoms with Gasteiger partial charge in [0, 0.05) is 25.6 Å². The lowest BCUT2D eigenvalue weighted by Gasteiger charge is -2.17. The maximum absolute atomic E-state index is 11.6. The number of nitrogens with two attached hydrogens (primary N) is 1. The molecule has 3 nitrogen and oxygen atoms in total. The second kappa shape index (κ2) is 4.61. The lowest BCUT2D eigenvalue weighted by molar-refractivity contribution is -0.130. The van der Waals surface area contributed by atoms with Crippen LogP contribution in [0.3, 0.4) is 0 Å². The minimum Gasteiger partial charge on any atom is -0.342 e. The van der Waals surface area contributed by atoms with Gasteiger partial charge in [-0.1, -0.05) is 13.8 Å². The maximum atomic E-state index is 11.6. The van der Waals surface area contributed by atoms with Gasteiger partial charge in [0.15, 0.2) is 0 Å². The molecule has 2 unspecified atom stereocenters. The molecule has 0 radical (unpaired) electrons. The first-order chi connectivity index (χ1) is 6.13. The molecular formula is C10H20N2O. The zero-order valence-electron chi connectivity index (χ0n) is 8.62. The zero-order valence-corrected chi connectivity index (χ0v) is 8.62. The van der Waals surface area contributed by atoms with Crippen LogP contribution < -0.4 is 5.73 Å². The zero-order chi connectivity index (χ0) is 9.84. The van der Waals surface area contributed by atoms with Gasteiger partial charge in [-0.3, -0.25) is 4.79 Å².